The van der Waals surface area contributed by atoms with Crippen molar-refractivity contribution in [1.29, 1.82) is 0 Å². The van der Waals surface area contributed by atoms with E-state index in [4.69, 9.17) is 9.47 Å². The Bertz CT molecular complexity index is 1080. The van der Waals surface area contributed by atoms with Crippen molar-refractivity contribution in [3.05, 3.63) is 59.8 Å². The van der Waals surface area contributed by atoms with E-state index in [-0.39, 0.29) is 5.91 Å². The number of carbonyl (C=O) groups excluding carboxylic acids is 1. The van der Waals surface area contributed by atoms with Crippen molar-refractivity contribution in [2.45, 2.75) is 32.4 Å². The van der Waals surface area contributed by atoms with Crippen LogP contribution in [0.4, 0.5) is 5.13 Å². The molecule has 5 rings (SSSR count). The summed E-state index contributed by atoms with van der Waals surface area (Å²) < 4.78 is 11.5. The summed E-state index contributed by atoms with van der Waals surface area (Å²) in [5, 5.41) is 3.37. The number of fused-ring (bicyclic) bond motifs is 1. The maximum Gasteiger partial charge on any atom is 0.223 e. The summed E-state index contributed by atoms with van der Waals surface area (Å²) in [6.07, 6.45) is 4.16. The van der Waals surface area contributed by atoms with E-state index in [0.29, 0.717) is 24.4 Å². The number of rotatable bonds is 5. The molecule has 0 bridgehead atoms. The summed E-state index contributed by atoms with van der Waals surface area (Å²) in [5.41, 5.74) is 3.70. The van der Waals surface area contributed by atoms with E-state index in [1.54, 1.807) is 0 Å². The van der Waals surface area contributed by atoms with E-state index in [9.17, 15) is 4.79 Å². The second kappa shape index (κ2) is 8.69. The number of anilines is 1. The zero-order valence-corrected chi connectivity index (χ0v) is 18.3. The Morgan fingerprint density at radius 3 is 2.77 bits per heavy atom. The van der Waals surface area contributed by atoms with Gasteiger partial charge in [0.05, 0.1) is 4.88 Å². The van der Waals surface area contributed by atoms with Crippen LogP contribution in [0.1, 0.15) is 36.9 Å². The number of aromatic nitrogens is 1. The van der Waals surface area contributed by atoms with Crippen molar-refractivity contribution >= 4 is 22.4 Å². The molecule has 7 heteroatoms. The first-order valence-corrected chi connectivity index (χ1v) is 11.4. The Labute approximate surface area is 185 Å². The molecule has 0 saturated carbocycles. The third-order valence-electron chi connectivity index (χ3n) is 5.73. The normalized spacial score (nSPS) is 18.2. The predicted octanol–water partition coefficient (Wildman–Crippen LogP) is 4.88. The number of benzene rings is 2. The van der Waals surface area contributed by atoms with Crippen LogP contribution in [0.15, 0.2) is 48.7 Å². The standard InChI is InChI=1S/C24H25N3O3S/c1-16(28)26-24-25-14-23(31-24)18-6-4-17(5-7-18)15-27-10-2-3-20(27)19-8-9-21-22(13-19)30-12-11-29-21/h4-9,13-14,20H,2-3,10-12,15H2,1H3,(H,25,26,28). The van der Waals surface area contributed by atoms with Gasteiger partial charge in [0, 0.05) is 25.7 Å². The lowest BCUT2D eigenvalue weighted by Crippen LogP contribution is -2.23. The van der Waals surface area contributed by atoms with Crippen molar-refractivity contribution in [2.24, 2.45) is 0 Å². The Morgan fingerprint density at radius 2 is 1.97 bits per heavy atom. The van der Waals surface area contributed by atoms with Crippen LogP contribution in [-0.4, -0.2) is 35.5 Å². The Balaban J connectivity index is 1.28. The second-order valence-corrected chi connectivity index (χ2v) is 8.97. The van der Waals surface area contributed by atoms with Crippen LogP contribution < -0.4 is 14.8 Å². The van der Waals surface area contributed by atoms with Crippen molar-refractivity contribution in [2.75, 3.05) is 25.1 Å². The smallest absolute Gasteiger partial charge is 0.223 e. The largest absolute Gasteiger partial charge is 0.486 e. The molecule has 2 aliphatic rings. The van der Waals surface area contributed by atoms with Crippen LogP contribution in [0, 0.1) is 0 Å². The molecule has 3 aromatic rings. The molecule has 1 saturated heterocycles. The quantitative estimate of drug-likeness (QED) is 0.619. The van der Waals surface area contributed by atoms with Gasteiger partial charge in [-0.15, -0.1) is 0 Å². The number of hydrogen-bond donors (Lipinski definition) is 1. The Hall–Kier alpha value is -2.90. The van der Waals surface area contributed by atoms with Gasteiger partial charge in [0.2, 0.25) is 5.91 Å². The highest BCUT2D eigenvalue weighted by Crippen LogP contribution is 2.39. The molecule has 0 radical (unpaired) electrons. The number of thiazole rings is 1. The van der Waals surface area contributed by atoms with Gasteiger partial charge >= 0.3 is 0 Å². The molecule has 1 N–H and O–H groups in total. The maximum atomic E-state index is 11.2. The minimum Gasteiger partial charge on any atom is -0.486 e. The predicted molar refractivity (Wildman–Crippen MR) is 122 cm³/mol. The van der Waals surface area contributed by atoms with Gasteiger partial charge in [0.25, 0.3) is 0 Å². The van der Waals surface area contributed by atoms with Gasteiger partial charge < -0.3 is 14.8 Å². The minimum absolute atomic E-state index is 0.102. The average molecular weight is 436 g/mol. The molecule has 0 spiro atoms. The lowest BCUT2D eigenvalue weighted by Gasteiger charge is -2.26. The summed E-state index contributed by atoms with van der Waals surface area (Å²) in [6.45, 7) is 4.73. The molecule has 31 heavy (non-hydrogen) atoms. The number of hydrogen-bond acceptors (Lipinski definition) is 6. The first kappa shape index (κ1) is 20.0. The summed E-state index contributed by atoms with van der Waals surface area (Å²) in [7, 11) is 0. The van der Waals surface area contributed by atoms with Crippen LogP contribution in [0.2, 0.25) is 0 Å². The first-order valence-electron chi connectivity index (χ1n) is 10.6. The van der Waals surface area contributed by atoms with Crippen LogP contribution in [0.3, 0.4) is 0 Å². The SMILES string of the molecule is CC(=O)Nc1ncc(-c2ccc(CN3CCCC3c3ccc4c(c3)OCCO4)cc2)s1. The molecule has 0 aliphatic carbocycles. The van der Waals surface area contributed by atoms with E-state index in [1.165, 1.54) is 35.8 Å². The van der Waals surface area contributed by atoms with E-state index >= 15 is 0 Å². The molecule has 6 nitrogen and oxygen atoms in total. The summed E-state index contributed by atoms with van der Waals surface area (Å²) in [6, 6.07) is 15.4. The third-order valence-corrected chi connectivity index (χ3v) is 6.69. The molecular weight excluding hydrogens is 410 g/mol. The van der Waals surface area contributed by atoms with E-state index in [0.717, 1.165) is 41.4 Å². The average Bonchev–Trinajstić information content (AvgIpc) is 3.43. The number of nitrogens with zero attached hydrogens (tertiary/aromatic N) is 2. The highest BCUT2D eigenvalue weighted by molar-refractivity contribution is 7.19. The summed E-state index contributed by atoms with van der Waals surface area (Å²) >= 11 is 1.49. The minimum atomic E-state index is -0.102. The van der Waals surface area contributed by atoms with Crippen LogP contribution in [0.5, 0.6) is 11.5 Å². The van der Waals surface area contributed by atoms with Gasteiger partial charge in [-0.3, -0.25) is 9.69 Å². The highest BCUT2D eigenvalue weighted by atomic mass is 32.1. The molecule has 2 aromatic carbocycles. The van der Waals surface area contributed by atoms with Gasteiger partial charge in [0.1, 0.15) is 13.2 Å². The molecule has 1 amide bonds. The number of ether oxygens (including phenoxy) is 2. The monoisotopic (exact) mass is 435 g/mol. The molecule has 1 fully saturated rings. The van der Waals surface area contributed by atoms with Crippen LogP contribution in [0.25, 0.3) is 10.4 Å². The van der Waals surface area contributed by atoms with Crippen LogP contribution in [-0.2, 0) is 11.3 Å². The molecule has 1 aromatic heterocycles. The molecular formula is C24H25N3O3S. The molecule has 1 unspecified atom stereocenters. The lowest BCUT2D eigenvalue weighted by molar-refractivity contribution is -0.114. The zero-order valence-electron chi connectivity index (χ0n) is 17.5. The van der Waals surface area contributed by atoms with Gasteiger partial charge in [0.15, 0.2) is 16.6 Å². The van der Waals surface area contributed by atoms with E-state index in [1.807, 2.05) is 12.3 Å². The Morgan fingerprint density at radius 1 is 1.16 bits per heavy atom. The van der Waals surface area contributed by atoms with Gasteiger partial charge in [-0.1, -0.05) is 41.7 Å². The lowest BCUT2D eigenvalue weighted by atomic mass is 10.0. The molecule has 2 aliphatic heterocycles. The van der Waals surface area contributed by atoms with E-state index < -0.39 is 0 Å². The number of likely N-dealkylation sites (tertiary alicyclic amines) is 1. The molecule has 1 atom stereocenters. The van der Waals surface area contributed by atoms with Crippen molar-refractivity contribution in [3.8, 4) is 21.9 Å². The molecule has 160 valence electrons. The topological polar surface area (TPSA) is 63.7 Å². The maximum absolute atomic E-state index is 11.2. The van der Waals surface area contributed by atoms with E-state index in [2.05, 4.69) is 51.6 Å². The van der Waals surface area contributed by atoms with Crippen molar-refractivity contribution < 1.29 is 14.3 Å². The fourth-order valence-corrected chi connectivity index (χ4v) is 5.15. The van der Waals surface area contributed by atoms with Gasteiger partial charge in [-0.2, -0.15) is 0 Å². The second-order valence-electron chi connectivity index (χ2n) is 7.94. The number of nitrogens with one attached hydrogen (secondary N) is 1. The molecule has 3 heterocycles. The van der Waals surface area contributed by atoms with Crippen LogP contribution >= 0.6 is 11.3 Å². The number of carbonyl (C=O) groups is 1. The fourth-order valence-electron chi connectivity index (χ4n) is 4.28. The van der Waals surface area contributed by atoms with Gasteiger partial charge in [-0.25, -0.2) is 4.98 Å². The fraction of sp³-hybridized carbons (Fsp3) is 0.333. The summed E-state index contributed by atoms with van der Waals surface area (Å²) in [5.74, 6) is 1.61. The van der Waals surface area contributed by atoms with Gasteiger partial charge in [-0.05, 0) is 48.2 Å². The zero-order chi connectivity index (χ0) is 21.2. The van der Waals surface area contributed by atoms with Crippen molar-refractivity contribution in [1.82, 2.24) is 9.88 Å². The van der Waals surface area contributed by atoms with Crippen molar-refractivity contribution in [3.63, 3.8) is 0 Å². The summed E-state index contributed by atoms with van der Waals surface area (Å²) in [4.78, 5) is 19.1. The first-order chi connectivity index (χ1) is 15.2. The highest BCUT2D eigenvalue weighted by Gasteiger charge is 2.27. The number of amides is 1. The Kier molecular flexibility index (Phi) is 5.61. The third kappa shape index (κ3) is 4.43.